The van der Waals surface area contributed by atoms with Gasteiger partial charge in [-0.15, -0.1) is 0 Å². The highest BCUT2D eigenvalue weighted by atomic mass is 79.9. The number of imidazole rings is 1. The van der Waals surface area contributed by atoms with Gasteiger partial charge < -0.3 is 5.73 Å². The number of nitrogens with two attached hydrogens (primary N) is 1. The number of nitrogen functional groups attached to an aromatic ring is 1. The number of nitrogens with zero attached hydrogens (tertiary/aromatic N) is 2. The summed E-state index contributed by atoms with van der Waals surface area (Å²) in [6.07, 6.45) is 0. The van der Waals surface area contributed by atoms with Crippen LogP contribution < -0.4 is 5.73 Å². The number of hydrogen-bond acceptors (Lipinski definition) is 2. The lowest BCUT2D eigenvalue weighted by Crippen LogP contribution is -2.00. The summed E-state index contributed by atoms with van der Waals surface area (Å²) in [5, 5.41) is 0. The van der Waals surface area contributed by atoms with Crippen molar-refractivity contribution in [1.82, 2.24) is 9.55 Å². The summed E-state index contributed by atoms with van der Waals surface area (Å²) < 4.78 is 29.3. The van der Waals surface area contributed by atoms with Crippen LogP contribution in [0.4, 0.5) is 14.7 Å². The highest BCUT2D eigenvalue weighted by Crippen LogP contribution is 2.27. The Balaban J connectivity index is 2.38. The van der Waals surface area contributed by atoms with Crippen LogP contribution in [0.25, 0.3) is 16.7 Å². The summed E-state index contributed by atoms with van der Waals surface area (Å²) in [5.41, 5.74) is 6.84. The number of halogens is 3. The van der Waals surface area contributed by atoms with E-state index in [1.807, 2.05) is 6.07 Å². The van der Waals surface area contributed by atoms with Crippen LogP contribution in [0, 0.1) is 11.6 Å². The maximum absolute atomic E-state index is 13.7. The molecule has 0 saturated carbocycles. The van der Waals surface area contributed by atoms with E-state index >= 15 is 0 Å². The molecule has 3 nitrogen and oxygen atoms in total. The van der Waals surface area contributed by atoms with E-state index in [4.69, 9.17) is 5.73 Å². The zero-order valence-corrected chi connectivity index (χ0v) is 11.2. The molecule has 6 heteroatoms. The molecule has 0 spiro atoms. The number of benzene rings is 2. The quantitative estimate of drug-likeness (QED) is 0.742. The van der Waals surface area contributed by atoms with Crippen LogP contribution in [0.3, 0.4) is 0 Å². The molecular weight excluding hydrogens is 316 g/mol. The van der Waals surface area contributed by atoms with Crippen LogP contribution >= 0.6 is 15.9 Å². The molecule has 2 N–H and O–H groups in total. The first-order valence-electron chi connectivity index (χ1n) is 5.45. The minimum atomic E-state index is -0.726. The van der Waals surface area contributed by atoms with Crippen molar-refractivity contribution in [2.24, 2.45) is 0 Å². The summed E-state index contributed by atoms with van der Waals surface area (Å²) in [4.78, 5) is 3.94. The summed E-state index contributed by atoms with van der Waals surface area (Å²) in [5.74, 6) is -1.28. The normalized spacial score (nSPS) is 11.1. The number of rotatable bonds is 1. The van der Waals surface area contributed by atoms with Crippen molar-refractivity contribution >= 4 is 32.9 Å². The lowest BCUT2D eigenvalue weighted by molar-refractivity contribution is 0.590. The molecule has 1 heterocycles. The van der Waals surface area contributed by atoms with E-state index in [1.54, 1.807) is 18.2 Å². The molecule has 0 aliphatic carbocycles. The number of hydrogen-bond donors (Lipinski definition) is 1. The molecule has 0 aliphatic rings. The standard InChI is InChI=1S/C13H8BrF2N3/c14-7-2-1-3-9(4-7)19-11-6-8(15)5-10(16)12(11)18-13(19)17/h1-6H,(H2,17,18). The van der Waals surface area contributed by atoms with Crippen molar-refractivity contribution in [3.8, 4) is 5.69 Å². The summed E-state index contributed by atoms with van der Waals surface area (Å²) in [6, 6.07) is 9.23. The van der Waals surface area contributed by atoms with E-state index in [0.29, 0.717) is 11.2 Å². The molecule has 19 heavy (non-hydrogen) atoms. The van der Waals surface area contributed by atoms with E-state index in [2.05, 4.69) is 20.9 Å². The fourth-order valence-corrected chi connectivity index (χ4v) is 2.40. The van der Waals surface area contributed by atoms with Crippen molar-refractivity contribution in [3.63, 3.8) is 0 Å². The van der Waals surface area contributed by atoms with Crippen LogP contribution in [0.15, 0.2) is 40.9 Å². The van der Waals surface area contributed by atoms with Gasteiger partial charge in [-0.3, -0.25) is 4.57 Å². The molecule has 2 aromatic carbocycles. The molecule has 3 aromatic rings. The highest BCUT2D eigenvalue weighted by Gasteiger charge is 2.15. The second-order valence-electron chi connectivity index (χ2n) is 4.04. The Bertz CT molecular complexity index is 783. The second kappa shape index (κ2) is 4.31. The van der Waals surface area contributed by atoms with Gasteiger partial charge in [0.2, 0.25) is 5.95 Å². The van der Waals surface area contributed by atoms with Gasteiger partial charge in [0.1, 0.15) is 11.3 Å². The van der Waals surface area contributed by atoms with E-state index in [0.717, 1.165) is 10.5 Å². The first kappa shape index (κ1) is 12.1. The molecular formula is C13H8BrF2N3. The Morgan fingerprint density at radius 3 is 2.68 bits per heavy atom. The van der Waals surface area contributed by atoms with E-state index < -0.39 is 11.6 Å². The summed E-state index contributed by atoms with van der Waals surface area (Å²) >= 11 is 3.34. The van der Waals surface area contributed by atoms with Gasteiger partial charge >= 0.3 is 0 Å². The molecule has 1 aromatic heterocycles. The van der Waals surface area contributed by atoms with Gasteiger partial charge in [0.15, 0.2) is 5.82 Å². The fraction of sp³-hybridized carbons (Fsp3) is 0. The maximum Gasteiger partial charge on any atom is 0.206 e. The van der Waals surface area contributed by atoms with Crippen molar-refractivity contribution in [1.29, 1.82) is 0 Å². The van der Waals surface area contributed by atoms with Gasteiger partial charge in [0, 0.05) is 16.6 Å². The third-order valence-corrected chi connectivity index (χ3v) is 3.26. The lowest BCUT2D eigenvalue weighted by Gasteiger charge is -2.06. The lowest BCUT2D eigenvalue weighted by atomic mass is 10.2. The predicted octanol–water partition coefficient (Wildman–Crippen LogP) is 3.65. The zero-order chi connectivity index (χ0) is 13.6. The minimum absolute atomic E-state index is 0.0545. The van der Waals surface area contributed by atoms with Gasteiger partial charge in [-0.05, 0) is 18.2 Å². The van der Waals surface area contributed by atoms with Crippen LogP contribution in [0.2, 0.25) is 0 Å². The van der Waals surface area contributed by atoms with Crippen LogP contribution in [-0.4, -0.2) is 9.55 Å². The third-order valence-electron chi connectivity index (χ3n) is 2.77. The molecule has 0 saturated heterocycles. The van der Waals surface area contributed by atoms with Gasteiger partial charge in [0.25, 0.3) is 0 Å². The van der Waals surface area contributed by atoms with Crippen LogP contribution in [-0.2, 0) is 0 Å². The van der Waals surface area contributed by atoms with E-state index in [1.165, 1.54) is 10.6 Å². The summed E-state index contributed by atoms with van der Waals surface area (Å²) in [7, 11) is 0. The highest BCUT2D eigenvalue weighted by molar-refractivity contribution is 9.10. The largest absolute Gasteiger partial charge is 0.369 e. The Morgan fingerprint density at radius 1 is 1.16 bits per heavy atom. The molecule has 0 aliphatic heterocycles. The van der Waals surface area contributed by atoms with Gasteiger partial charge in [-0.1, -0.05) is 22.0 Å². The first-order valence-corrected chi connectivity index (χ1v) is 6.24. The monoisotopic (exact) mass is 323 g/mol. The van der Waals surface area contributed by atoms with Gasteiger partial charge in [-0.2, -0.15) is 0 Å². The smallest absolute Gasteiger partial charge is 0.206 e. The minimum Gasteiger partial charge on any atom is -0.369 e. The van der Waals surface area contributed by atoms with Gasteiger partial charge in [0.05, 0.1) is 11.2 Å². The molecule has 0 bridgehead atoms. The molecule has 0 atom stereocenters. The number of anilines is 1. The molecule has 0 radical (unpaired) electrons. The van der Waals surface area contributed by atoms with Crippen molar-refractivity contribution < 1.29 is 8.78 Å². The second-order valence-corrected chi connectivity index (χ2v) is 4.96. The van der Waals surface area contributed by atoms with Crippen LogP contribution in [0.5, 0.6) is 0 Å². The maximum atomic E-state index is 13.7. The van der Waals surface area contributed by atoms with Crippen LogP contribution in [0.1, 0.15) is 0 Å². The van der Waals surface area contributed by atoms with Crippen molar-refractivity contribution in [2.75, 3.05) is 5.73 Å². The number of fused-ring (bicyclic) bond motifs is 1. The topological polar surface area (TPSA) is 43.8 Å². The Morgan fingerprint density at radius 2 is 1.95 bits per heavy atom. The predicted molar refractivity (Wildman–Crippen MR) is 73.1 cm³/mol. The SMILES string of the molecule is Nc1nc2c(F)cc(F)cc2n1-c1cccc(Br)c1. The van der Waals surface area contributed by atoms with Gasteiger partial charge in [-0.25, -0.2) is 13.8 Å². The van der Waals surface area contributed by atoms with E-state index in [-0.39, 0.29) is 11.5 Å². The molecule has 0 fully saturated rings. The first-order chi connectivity index (χ1) is 9.06. The average molecular weight is 324 g/mol. The van der Waals surface area contributed by atoms with Crippen molar-refractivity contribution in [3.05, 3.63) is 52.5 Å². The molecule has 0 amide bonds. The fourth-order valence-electron chi connectivity index (χ4n) is 2.01. The Labute approximate surface area is 115 Å². The molecule has 0 unspecified atom stereocenters. The average Bonchev–Trinajstić information content (AvgIpc) is 2.66. The number of aromatic nitrogens is 2. The Hall–Kier alpha value is -1.95. The van der Waals surface area contributed by atoms with Crippen molar-refractivity contribution in [2.45, 2.75) is 0 Å². The molecule has 96 valence electrons. The third kappa shape index (κ3) is 1.98. The summed E-state index contributed by atoms with van der Waals surface area (Å²) in [6.45, 7) is 0. The van der Waals surface area contributed by atoms with E-state index in [9.17, 15) is 8.78 Å². The Kier molecular flexibility index (Phi) is 2.74. The zero-order valence-electron chi connectivity index (χ0n) is 9.57. The molecule has 3 rings (SSSR count).